The number of halogens is 2. The minimum Gasteiger partial charge on any atom is -0.310 e. The number of aryl methyl sites for hydroxylation is 1. The van der Waals surface area contributed by atoms with Gasteiger partial charge in [-0.25, -0.2) is 4.68 Å². The summed E-state index contributed by atoms with van der Waals surface area (Å²) in [6.07, 6.45) is 0. The van der Waals surface area contributed by atoms with Crippen molar-refractivity contribution >= 4 is 27.5 Å². The average molecular weight is 344 g/mol. The second kappa shape index (κ2) is 6.03. The van der Waals surface area contributed by atoms with Crippen molar-refractivity contribution in [2.45, 2.75) is 26.4 Å². The van der Waals surface area contributed by atoms with E-state index in [1.807, 2.05) is 25.2 Å². The van der Waals surface area contributed by atoms with Crippen molar-refractivity contribution < 1.29 is 0 Å². The van der Waals surface area contributed by atoms with Crippen LogP contribution in [0.15, 0.2) is 22.8 Å². The van der Waals surface area contributed by atoms with E-state index in [9.17, 15) is 0 Å². The fourth-order valence-corrected chi connectivity index (χ4v) is 2.57. The molecule has 1 aromatic carbocycles. The van der Waals surface area contributed by atoms with Crippen molar-refractivity contribution in [1.29, 1.82) is 0 Å². The number of nitrogens with zero attached hydrogens (tertiary/aromatic N) is 3. The van der Waals surface area contributed by atoms with Gasteiger partial charge in [0.15, 0.2) is 4.60 Å². The summed E-state index contributed by atoms with van der Waals surface area (Å²) in [6, 6.07) is 6.31. The van der Waals surface area contributed by atoms with Gasteiger partial charge in [0.25, 0.3) is 0 Å². The van der Waals surface area contributed by atoms with Crippen LogP contribution in [-0.4, -0.2) is 21.0 Å². The molecule has 0 radical (unpaired) electrons. The first-order valence-corrected chi connectivity index (χ1v) is 7.23. The predicted octanol–water partition coefficient (Wildman–Crippen LogP) is 3.40. The lowest BCUT2D eigenvalue weighted by Gasteiger charge is -2.13. The second-order valence-corrected chi connectivity index (χ2v) is 5.88. The molecule has 0 amide bonds. The zero-order valence-corrected chi connectivity index (χ0v) is 13.5. The molecule has 0 bridgehead atoms. The molecule has 0 saturated heterocycles. The van der Waals surface area contributed by atoms with E-state index in [1.54, 1.807) is 4.68 Å². The molecule has 0 aliphatic heterocycles. The van der Waals surface area contributed by atoms with Gasteiger partial charge < -0.3 is 5.32 Å². The third-order valence-corrected chi connectivity index (χ3v) is 3.58. The maximum absolute atomic E-state index is 6.12. The SMILES string of the molecule is CC(C)NCc1ccc(Cl)cc1-c1c(Br)nnn1C. The third kappa shape index (κ3) is 3.35. The molecular weight excluding hydrogens is 328 g/mol. The Morgan fingerprint density at radius 3 is 2.74 bits per heavy atom. The summed E-state index contributed by atoms with van der Waals surface area (Å²) in [6.45, 7) is 5.02. The van der Waals surface area contributed by atoms with Crippen LogP contribution in [0.25, 0.3) is 11.3 Å². The van der Waals surface area contributed by atoms with Gasteiger partial charge in [0.2, 0.25) is 0 Å². The molecule has 102 valence electrons. The highest BCUT2D eigenvalue weighted by atomic mass is 79.9. The Hall–Kier alpha value is -0.910. The van der Waals surface area contributed by atoms with Crippen molar-refractivity contribution in [3.8, 4) is 11.3 Å². The number of hydrogen-bond donors (Lipinski definition) is 1. The summed E-state index contributed by atoms with van der Waals surface area (Å²) in [7, 11) is 1.87. The van der Waals surface area contributed by atoms with Crippen molar-refractivity contribution in [3.63, 3.8) is 0 Å². The second-order valence-electron chi connectivity index (χ2n) is 4.69. The van der Waals surface area contributed by atoms with Crippen molar-refractivity contribution in [1.82, 2.24) is 20.3 Å². The Morgan fingerprint density at radius 1 is 1.42 bits per heavy atom. The monoisotopic (exact) mass is 342 g/mol. The topological polar surface area (TPSA) is 42.7 Å². The van der Waals surface area contributed by atoms with Gasteiger partial charge in [-0.3, -0.25) is 0 Å². The minimum absolute atomic E-state index is 0.427. The van der Waals surface area contributed by atoms with E-state index in [0.29, 0.717) is 11.1 Å². The van der Waals surface area contributed by atoms with E-state index in [4.69, 9.17) is 11.6 Å². The molecule has 2 rings (SSSR count). The van der Waals surface area contributed by atoms with Crippen LogP contribution >= 0.6 is 27.5 Å². The molecule has 0 fully saturated rings. The summed E-state index contributed by atoms with van der Waals surface area (Å²) in [5.41, 5.74) is 3.15. The highest BCUT2D eigenvalue weighted by molar-refractivity contribution is 9.10. The molecule has 0 saturated carbocycles. The zero-order valence-electron chi connectivity index (χ0n) is 11.1. The summed E-state index contributed by atoms with van der Waals surface area (Å²) < 4.78 is 2.47. The van der Waals surface area contributed by atoms with E-state index >= 15 is 0 Å². The largest absolute Gasteiger partial charge is 0.310 e. The summed E-state index contributed by atoms with van der Waals surface area (Å²) >= 11 is 9.55. The fourth-order valence-electron chi connectivity index (χ4n) is 1.85. The van der Waals surface area contributed by atoms with E-state index < -0.39 is 0 Å². The van der Waals surface area contributed by atoms with Crippen molar-refractivity contribution in [2.75, 3.05) is 0 Å². The van der Waals surface area contributed by atoms with Gasteiger partial charge in [-0.15, -0.1) is 5.10 Å². The smallest absolute Gasteiger partial charge is 0.156 e. The van der Waals surface area contributed by atoms with Crippen LogP contribution in [0.4, 0.5) is 0 Å². The Kier molecular flexibility index (Phi) is 4.60. The van der Waals surface area contributed by atoms with Crippen LogP contribution in [-0.2, 0) is 13.6 Å². The number of rotatable bonds is 4. The molecule has 0 spiro atoms. The first-order valence-electron chi connectivity index (χ1n) is 6.06. The van der Waals surface area contributed by atoms with Crippen LogP contribution in [0.5, 0.6) is 0 Å². The maximum atomic E-state index is 6.12. The highest BCUT2D eigenvalue weighted by Gasteiger charge is 2.15. The van der Waals surface area contributed by atoms with Gasteiger partial charge in [-0.2, -0.15) is 0 Å². The molecule has 19 heavy (non-hydrogen) atoms. The third-order valence-electron chi connectivity index (χ3n) is 2.81. The minimum atomic E-state index is 0.427. The Bertz CT molecular complexity index is 561. The van der Waals surface area contributed by atoms with Gasteiger partial charge in [0.1, 0.15) is 5.69 Å². The lowest BCUT2D eigenvalue weighted by Crippen LogP contribution is -2.22. The van der Waals surface area contributed by atoms with E-state index in [0.717, 1.165) is 22.4 Å². The van der Waals surface area contributed by atoms with Gasteiger partial charge in [0, 0.05) is 30.2 Å². The molecular formula is C13H16BrClN4. The standard InChI is InChI=1S/C13H16BrClN4/c1-8(2)16-7-9-4-5-10(15)6-11(9)12-13(14)17-18-19(12)3/h4-6,8,16H,7H2,1-3H3. The van der Waals surface area contributed by atoms with Crippen LogP contribution in [0, 0.1) is 0 Å². The molecule has 1 N–H and O–H groups in total. The normalized spacial score (nSPS) is 11.3. The van der Waals surface area contributed by atoms with Crippen LogP contribution < -0.4 is 5.32 Å². The molecule has 0 atom stereocenters. The molecule has 6 heteroatoms. The van der Waals surface area contributed by atoms with Crippen molar-refractivity contribution in [2.24, 2.45) is 7.05 Å². The summed E-state index contributed by atoms with van der Waals surface area (Å²) in [4.78, 5) is 0. The maximum Gasteiger partial charge on any atom is 0.156 e. The molecule has 0 unspecified atom stereocenters. The molecule has 2 aromatic rings. The van der Waals surface area contributed by atoms with E-state index in [-0.39, 0.29) is 0 Å². The highest BCUT2D eigenvalue weighted by Crippen LogP contribution is 2.31. The number of aromatic nitrogens is 3. The summed E-state index contributed by atoms with van der Waals surface area (Å²) in [5.74, 6) is 0. The first kappa shape index (κ1) is 14.5. The molecule has 1 aromatic heterocycles. The first-order chi connectivity index (χ1) is 8.99. The predicted molar refractivity (Wildman–Crippen MR) is 81.1 cm³/mol. The lowest BCUT2D eigenvalue weighted by molar-refractivity contribution is 0.589. The Balaban J connectivity index is 2.46. The van der Waals surface area contributed by atoms with Gasteiger partial charge in [-0.1, -0.05) is 36.7 Å². The quantitative estimate of drug-likeness (QED) is 0.925. The molecule has 1 heterocycles. The van der Waals surface area contributed by atoms with Gasteiger partial charge in [0.05, 0.1) is 0 Å². The fraction of sp³-hybridized carbons (Fsp3) is 0.385. The number of hydrogen-bond acceptors (Lipinski definition) is 3. The molecule has 4 nitrogen and oxygen atoms in total. The van der Waals surface area contributed by atoms with Crippen LogP contribution in [0.3, 0.4) is 0 Å². The number of benzene rings is 1. The zero-order chi connectivity index (χ0) is 14.0. The van der Waals surface area contributed by atoms with Crippen LogP contribution in [0.1, 0.15) is 19.4 Å². The Labute approximate surface area is 126 Å². The van der Waals surface area contributed by atoms with Gasteiger partial charge in [-0.05, 0) is 33.6 Å². The van der Waals surface area contributed by atoms with Crippen LogP contribution in [0.2, 0.25) is 5.02 Å². The Morgan fingerprint density at radius 2 is 2.16 bits per heavy atom. The van der Waals surface area contributed by atoms with Gasteiger partial charge >= 0.3 is 0 Å². The number of nitrogens with one attached hydrogen (secondary N) is 1. The molecule has 0 aliphatic carbocycles. The average Bonchev–Trinajstić information content (AvgIpc) is 2.67. The van der Waals surface area contributed by atoms with Crippen molar-refractivity contribution in [3.05, 3.63) is 33.4 Å². The van der Waals surface area contributed by atoms with E-state index in [2.05, 4.69) is 45.4 Å². The summed E-state index contributed by atoms with van der Waals surface area (Å²) in [5, 5.41) is 12.2. The molecule has 0 aliphatic rings. The van der Waals surface area contributed by atoms with E-state index in [1.165, 1.54) is 5.56 Å². The lowest BCUT2D eigenvalue weighted by atomic mass is 10.0.